The van der Waals surface area contributed by atoms with Crippen molar-refractivity contribution >= 4 is 0 Å². The van der Waals surface area contributed by atoms with Crippen molar-refractivity contribution in [2.24, 2.45) is 0 Å². The normalized spacial score (nSPS) is 11.2. The van der Waals surface area contributed by atoms with Crippen LogP contribution in [0.1, 0.15) is 31.2 Å². The molecule has 0 saturated heterocycles. The number of nitrogens with zero attached hydrogens (tertiary/aromatic N) is 6. The number of rotatable bonds is 9. The van der Waals surface area contributed by atoms with Crippen LogP contribution in [0.15, 0.2) is 53.3 Å². The molecular weight excluding hydrogens is 394 g/mol. The molecule has 160 valence electrons. The minimum atomic E-state index is -0.188. The Bertz CT molecular complexity index is 1180. The van der Waals surface area contributed by atoms with Crippen molar-refractivity contribution in [3.05, 3.63) is 70.4 Å². The van der Waals surface area contributed by atoms with Crippen LogP contribution in [0.25, 0.3) is 22.5 Å². The summed E-state index contributed by atoms with van der Waals surface area (Å²) in [6.07, 6.45) is 2.72. The Morgan fingerprint density at radius 1 is 1.06 bits per heavy atom. The molecule has 2 heterocycles. The molecule has 4 rings (SSSR count). The third-order valence-corrected chi connectivity index (χ3v) is 5.18. The minimum Gasteiger partial charge on any atom is -0.394 e. The van der Waals surface area contributed by atoms with E-state index in [1.165, 1.54) is 4.68 Å². The van der Waals surface area contributed by atoms with Gasteiger partial charge in [0.15, 0.2) is 0 Å². The van der Waals surface area contributed by atoms with E-state index >= 15 is 0 Å². The van der Waals surface area contributed by atoms with E-state index in [1.54, 1.807) is 4.57 Å². The maximum atomic E-state index is 12.7. The zero-order chi connectivity index (χ0) is 21.6. The fourth-order valence-electron chi connectivity index (χ4n) is 3.58. The van der Waals surface area contributed by atoms with Gasteiger partial charge in [0.25, 0.3) is 0 Å². The molecule has 2 N–H and O–H groups in total. The number of unbranched alkanes of at least 4 members (excludes halogenated alkanes) is 1. The Kier molecular flexibility index (Phi) is 6.32. The molecule has 9 nitrogen and oxygen atoms in total. The predicted molar refractivity (Wildman–Crippen MR) is 116 cm³/mol. The number of tetrazole rings is 1. The van der Waals surface area contributed by atoms with Crippen molar-refractivity contribution in [1.82, 2.24) is 35.0 Å². The number of aryl methyl sites for hydroxylation is 1. The summed E-state index contributed by atoms with van der Waals surface area (Å²) >= 11 is 0. The lowest BCUT2D eigenvalue weighted by Gasteiger charge is -2.09. The lowest BCUT2D eigenvalue weighted by molar-refractivity contribution is 0.266. The van der Waals surface area contributed by atoms with Gasteiger partial charge >= 0.3 is 5.69 Å². The van der Waals surface area contributed by atoms with E-state index in [-0.39, 0.29) is 18.8 Å². The fourth-order valence-corrected chi connectivity index (χ4v) is 3.58. The standard InChI is InChI=1S/C22H25N7O2/c1-2-3-8-20-25-29(13-14-30)22(31)28(20)15-16-9-11-17(12-10-16)18-6-4-5-7-19(18)21-23-26-27-24-21/h4-7,9-12,30H,2-3,8,13-15H2,1H3,(H,23,24,26,27). The van der Waals surface area contributed by atoms with Crippen LogP contribution in [0.2, 0.25) is 0 Å². The average Bonchev–Trinajstić information content (AvgIpc) is 3.43. The van der Waals surface area contributed by atoms with Gasteiger partial charge in [0, 0.05) is 12.0 Å². The van der Waals surface area contributed by atoms with E-state index in [1.807, 2.05) is 48.5 Å². The molecule has 0 atom stereocenters. The summed E-state index contributed by atoms with van der Waals surface area (Å²) in [7, 11) is 0. The molecule has 0 amide bonds. The molecule has 0 aliphatic rings. The summed E-state index contributed by atoms with van der Waals surface area (Å²) in [5.41, 5.74) is 3.74. The topological polar surface area (TPSA) is 115 Å². The number of aromatic amines is 1. The summed E-state index contributed by atoms with van der Waals surface area (Å²) in [5, 5.41) is 28.0. The Balaban J connectivity index is 1.62. The number of hydrogen-bond acceptors (Lipinski definition) is 6. The second kappa shape index (κ2) is 9.48. The van der Waals surface area contributed by atoms with Crippen LogP contribution in [0, 0.1) is 0 Å². The highest BCUT2D eigenvalue weighted by molar-refractivity contribution is 5.80. The Labute approximate surface area is 179 Å². The fraction of sp³-hybridized carbons (Fsp3) is 0.318. The second-order valence-electron chi connectivity index (χ2n) is 7.31. The molecule has 0 unspecified atom stereocenters. The third kappa shape index (κ3) is 4.46. The number of aliphatic hydroxyl groups excluding tert-OH is 1. The van der Waals surface area contributed by atoms with Crippen molar-refractivity contribution in [3.63, 3.8) is 0 Å². The van der Waals surface area contributed by atoms with Gasteiger partial charge in [-0.2, -0.15) is 10.3 Å². The quantitative estimate of drug-likeness (QED) is 0.430. The summed E-state index contributed by atoms with van der Waals surface area (Å²) in [4.78, 5) is 12.7. The van der Waals surface area contributed by atoms with E-state index in [9.17, 15) is 9.90 Å². The molecule has 0 spiro atoms. The largest absolute Gasteiger partial charge is 0.394 e. The highest BCUT2D eigenvalue weighted by atomic mass is 16.3. The van der Waals surface area contributed by atoms with E-state index in [0.717, 1.165) is 47.3 Å². The molecular formula is C22H25N7O2. The van der Waals surface area contributed by atoms with Crippen molar-refractivity contribution in [2.45, 2.75) is 39.3 Å². The first-order valence-corrected chi connectivity index (χ1v) is 10.4. The molecule has 0 radical (unpaired) electrons. The Morgan fingerprint density at radius 3 is 2.52 bits per heavy atom. The Morgan fingerprint density at radius 2 is 1.84 bits per heavy atom. The van der Waals surface area contributed by atoms with Crippen LogP contribution in [0.5, 0.6) is 0 Å². The van der Waals surface area contributed by atoms with Crippen molar-refractivity contribution < 1.29 is 5.11 Å². The third-order valence-electron chi connectivity index (χ3n) is 5.18. The van der Waals surface area contributed by atoms with Crippen LogP contribution in [0.4, 0.5) is 0 Å². The minimum absolute atomic E-state index is 0.112. The molecule has 31 heavy (non-hydrogen) atoms. The number of aromatic nitrogens is 7. The second-order valence-corrected chi connectivity index (χ2v) is 7.31. The van der Waals surface area contributed by atoms with Gasteiger partial charge in [-0.25, -0.2) is 9.48 Å². The van der Waals surface area contributed by atoms with Crippen LogP contribution in [-0.2, 0) is 19.5 Å². The number of aliphatic hydroxyl groups is 1. The Hall–Kier alpha value is -3.59. The van der Waals surface area contributed by atoms with Crippen molar-refractivity contribution in [3.8, 4) is 22.5 Å². The van der Waals surface area contributed by atoms with Crippen LogP contribution >= 0.6 is 0 Å². The molecule has 9 heteroatoms. The summed E-state index contributed by atoms with van der Waals surface area (Å²) in [5.74, 6) is 1.30. The summed E-state index contributed by atoms with van der Waals surface area (Å²) in [6, 6.07) is 16.0. The predicted octanol–water partition coefficient (Wildman–Crippen LogP) is 2.28. The summed E-state index contributed by atoms with van der Waals surface area (Å²) in [6.45, 7) is 2.64. The van der Waals surface area contributed by atoms with Crippen LogP contribution in [0.3, 0.4) is 0 Å². The number of H-pyrrole nitrogens is 1. The van der Waals surface area contributed by atoms with Crippen molar-refractivity contribution in [2.75, 3.05) is 6.61 Å². The van der Waals surface area contributed by atoms with E-state index in [4.69, 9.17) is 0 Å². The van der Waals surface area contributed by atoms with Gasteiger partial charge in [-0.05, 0) is 28.3 Å². The number of hydrogen-bond donors (Lipinski definition) is 2. The van der Waals surface area contributed by atoms with Crippen LogP contribution in [-0.4, -0.2) is 46.7 Å². The van der Waals surface area contributed by atoms with Gasteiger partial charge in [-0.3, -0.25) is 4.57 Å². The molecule has 0 bridgehead atoms. The lowest BCUT2D eigenvalue weighted by Crippen LogP contribution is -2.27. The first-order chi connectivity index (χ1) is 15.2. The smallest absolute Gasteiger partial charge is 0.346 e. The SMILES string of the molecule is CCCCc1nn(CCO)c(=O)n1Cc1ccc(-c2ccccc2-c2nn[nH]n2)cc1. The monoisotopic (exact) mass is 419 g/mol. The van der Waals surface area contributed by atoms with Gasteiger partial charge < -0.3 is 5.11 Å². The molecule has 0 aliphatic carbocycles. The van der Waals surface area contributed by atoms with Crippen molar-refractivity contribution in [1.29, 1.82) is 0 Å². The van der Waals surface area contributed by atoms with E-state index in [2.05, 4.69) is 32.6 Å². The molecule has 2 aromatic heterocycles. The first-order valence-electron chi connectivity index (χ1n) is 10.4. The zero-order valence-corrected chi connectivity index (χ0v) is 17.4. The molecule has 0 aliphatic heterocycles. The molecule has 0 fully saturated rings. The average molecular weight is 419 g/mol. The van der Waals surface area contributed by atoms with Gasteiger partial charge in [0.1, 0.15) is 5.82 Å². The zero-order valence-electron chi connectivity index (χ0n) is 17.4. The summed E-state index contributed by atoms with van der Waals surface area (Å²) < 4.78 is 3.05. The van der Waals surface area contributed by atoms with Gasteiger partial charge in [0.2, 0.25) is 5.82 Å². The first kappa shape index (κ1) is 20.7. The number of benzene rings is 2. The molecule has 0 saturated carbocycles. The van der Waals surface area contributed by atoms with E-state index < -0.39 is 0 Å². The highest BCUT2D eigenvalue weighted by Crippen LogP contribution is 2.29. The molecule has 4 aromatic rings. The highest BCUT2D eigenvalue weighted by Gasteiger charge is 2.14. The number of nitrogens with one attached hydrogen (secondary N) is 1. The lowest BCUT2D eigenvalue weighted by atomic mass is 9.98. The maximum Gasteiger partial charge on any atom is 0.346 e. The van der Waals surface area contributed by atoms with Gasteiger partial charge in [0.05, 0.1) is 19.7 Å². The maximum absolute atomic E-state index is 12.7. The van der Waals surface area contributed by atoms with Gasteiger partial charge in [-0.15, -0.1) is 10.2 Å². The van der Waals surface area contributed by atoms with Crippen LogP contribution < -0.4 is 5.69 Å². The van der Waals surface area contributed by atoms with Gasteiger partial charge in [-0.1, -0.05) is 61.9 Å². The molecule has 2 aromatic carbocycles. The van der Waals surface area contributed by atoms with E-state index in [0.29, 0.717) is 12.4 Å².